The molecule has 5 nitrogen and oxygen atoms in total. The molecule has 0 aliphatic heterocycles. The summed E-state index contributed by atoms with van der Waals surface area (Å²) in [4.78, 5) is 9.09. The molecule has 0 fully saturated rings. The van der Waals surface area contributed by atoms with Crippen LogP contribution in [0.4, 0.5) is 23.1 Å². The molecule has 0 spiro atoms. The number of hydrogen-bond acceptors (Lipinski definition) is 5. The zero-order valence-electron chi connectivity index (χ0n) is 15.2. The quantitative estimate of drug-likeness (QED) is 0.681. The maximum absolute atomic E-state index is 9.04. The van der Waals surface area contributed by atoms with Crippen LogP contribution in [0.2, 0.25) is 0 Å². The standard InChI is InChI=1S/C21H21N5/c1-4-17-9-5-7-14(2)20(17)26-21-23-15(3)11-19(25-21)24-18-10-6-8-16(12-18)13-22/h5-12H,4H2,1-3H3,(H2,23,24,25,26). The zero-order valence-corrected chi connectivity index (χ0v) is 15.2. The van der Waals surface area contributed by atoms with Crippen LogP contribution in [0, 0.1) is 25.2 Å². The number of anilines is 4. The van der Waals surface area contributed by atoms with Crippen LogP contribution in [-0.2, 0) is 6.42 Å². The van der Waals surface area contributed by atoms with Crippen molar-refractivity contribution in [3.63, 3.8) is 0 Å². The molecule has 130 valence electrons. The van der Waals surface area contributed by atoms with Crippen molar-refractivity contribution < 1.29 is 0 Å². The number of nitriles is 1. The fraction of sp³-hybridized carbons (Fsp3) is 0.190. The van der Waals surface area contributed by atoms with E-state index < -0.39 is 0 Å². The third kappa shape index (κ3) is 3.98. The van der Waals surface area contributed by atoms with Gasteiger partial charge in [-0.25, -0.2) is 4.98 Å². The molecule has 2 aromatic carbocycles. The van der Waals surface area contributed by atoms with Crippen molar-refractivity contribution in [1.82, 2.24) is 9.97 Å². The van der Waals surface area contributed by atoms with E-state index >= 15 is 0 Å². The van der Waals surface area contributed by atoms with Gasteiger partial charge in [-0.2, -0.15) is 10.2 Å². The van der Waals surface area contributed by atoms with Gasteiger partial charge in [-0.1, -0.05) is 31.2 Å². The average Bonchev–Trinajstić information content (AvgIpc) is 2.63. The number of rotatable bonds is 5. The second kappa shape index (κ2) is 7.66. The van der Waals surface area contributed by atoms with E-state index in [1.807, 2.05) is 25.1 Å². The predicted molar refractivity (Wildman–Crippen MR) is 105 cm³/mol. The van der Waals surface area contributed by atoms with Gasteiger partial charge in [0, 0.05) is 23.1 Å². The van der Waals surface area contributed by atoms with Crippen molar-refractivity contribution >= 4 is 23.1 Å². The first-order valence-corrected chi connectivity index (χ1v) is 8.57. The number of hydrogen-bond donors (Lipinski definition) is 2. The molecular weight excluding hydrogens is 322 g/mol. The molecule has 0 bridgehead atoms. The topological polar surface area (TPSA) is 73.6 Å². The Bertz CT molecular complexity index is 972. The third-order valence-corrected chi connectivity index (χ3v) is 4.10. The van der Waals surface area contributed by atoms with Gasteiger partial charge in [0.1, 0.15) is 5.82 Å². The van der Waals surface area contributed by atoms with Crippen molar-refractivity contribution in [2.75, 3.05) is 10.6 Å². The Labute approximate surface area is 153 Å². The van der Waals surface area contributed by atoms with Gasteiger partial charge < -0.3 is 10.6 Å². The summed E-state index contributed by atoms with van der Waals surface area (Å²) < 4.78 is 0. The van der Waals surface area contributed by atoms with Gasteiger partial charge in [0.05, 0.1) is 11.6 Å². The van der Waals surface area contributed by atoms with Gasteiger partial charge in [-0.05, 0) is 49.6 Å². The lowest BCUT2D eigenvalue weighted by Crippen LogP contribution is -2.05. The van der Waals surface area contributed by atoms with E-state index in [2.05, 4.69) is 58.7 Å². The molecular formula is C21H21N5. The van der Waals surface area contributed by atoms with Crippen molar-refractivity contribution in [2.45, 2.75) is 27.2 Å². The van der Waals surface area contributed by atoms with Crippen LogP contribution in [0.5, 0.6) is 0 Å². The fourth-order valence-corrected chi connectivity index (χ4v) is 2.82. The van der Waals surface area contributed by atoms with Crippen LogP contribution in [0.3, 0.4) is 0 Å². The molecule has 3 rings (SSSR count). The van der Waals surface area contributed by atoms with Crippen molar-refractivity contribution in [3.05, 3.63) is 70.9 Å². The number of para-hydroxylation sites is 1. The molecule has 0 amide bonds. The number of benzene rings is 2. The molecule has 0 radical (unpaired) electrons. The molecule has 0 atom stereocenters. The van der Waals surface area contributed by atoms with Gasteiger partial charge in [-0.15, -0.1) is 0 Å². The van der Waals surface area contributed by atoms with E-state index in [4.69, 9.17) is 5.26 Å². The summed E-state index contributed by atoms with van der Waals surface area (Å²) in [5.41, 5.74) is 5.72. The maximum atomic E-state index is 9.04. The summed E-state index contributed by atoms with van der Waals surface area (Å²) in [5, 5.41) is 15.7. The molecule has 0 aliphatic rings. The fourth-order valence-electron chi connectivity index (χ4n) is 2.82. The number of nitrogens with zero attached hydrogens (tertiary/aromatic N) is 3. The molecule has 2 N–H and O–H groups in total. The van der Waals surface area contributed by atoms with Crippen LogP contribution in [0.15, 0.2) is 48.5 Å². The Morgan fingerprint density at radius 2 is 1.81 bits per heavy atom. The third-order valence-electron chi connectivity index (χ3n) is 4.10. The normalized spacial score (nSPS) is 10.2. The van der Waals surface area contributed by atoms with Gasteiger partial charge in [0.15, 0.2) is 0 Å². The number of nitrogens with one attached hydrogen (secondary N) is 2. The molecule has 5 heteroatoms. The maximum Gasteiger partial charge on any atom is 0.229 e. The van der Waals surface area contributed by atoms with Crippen LogP contribution in [-0.4, -0.2) is 9.97 Å². The largest absolute Gasteiger partial charge is 0.340 e. The van der Waals surface area contributed by atoms with E-state index in [1.54, 1.807) is 12.1 Å². The highest BCUT2D eigenvalue weighted by molar-refractivity contribution is 5.65. The van der Waals surface area contributed by atoms with E-state index in [-0.39, 0.29) is 0 Å². The molecule has 0 saturated carbocycles. The first kappa shape index (κ1) is 17.4. The summed E-state index contributed by atoms with van der Waals surface area (Å²) >= 11 is 0. The minimum atomic E-state index is 0.549. The van der Waals surface area contributed by atoms with Crippen LogP contribution >= 0.6 is 0 Å². The minimum Gasteiger partial charge on any atom is -0.340 e. The van der Waals surface area contributed by atoms with Gasteiger partial charge in [0.25, 0.3) is 0 Å². The van der Waals surface area contributed by atoms with E-state index in [1.165, 1.54) is 5.56 Å². The smallest absolute Gasteiger partial charge is 0.229 e. The Kier molecular flexibility index (Phi) is 5.14. The lowest BCUT2D eigenvalue weighted by Gasteiger charge is -2.14. The Balaban J connectivity index is 1.90. The minimum absolute atomic E-state index is 0.549. The highest BCUT2D eigenvalue weighted by atomic mass is 15.1. The van der Waals surface area contributed by atoms with E-state index in [0.29, 0.717) is 17.3 Å². The van der Waals surface area contributed by atoms with Crippen LogP contribution < -0.4 is 10.6 Å². The molecule has 0 unspecified atom stereocenters. The highest BCUT2D eigenvalue weighted by Gasteiger charge is 2.08. The highest BCUT2D eigenvalue weighted by Crippen LogP contribution is 2.25. The summed E-state index contributed by atoms with van der Waals surface area (Å²) in [6.45, 7) is 6.14. The molecule has 1 heterocycles. The van der Waals surface area contributed by atoms with Gasteiger partial charge >= 0.3 is 0 Å². The summed E-state index contributed by atoms with van der Waals surface area (Å²) in [7, 11) is 0. The van der Waals surface area contributed by atoms with Crippen LogP contribution in [0.1, 0.15) is 29.3 Å². The van der Waals surface area contributed by atoms with Gasteiger partial charge in [0.2, 0.25) is 5.95 Å². The first-order valence-electron chi connectivity index (χ1n) is 8.57. The number of aryl methyl sites for hydroxylation is 3. The summed E-state index contributed by atoms with van der Waals surface area (Å²) in [6, 6.07) is 17.6. The summed E-state index contributed by atoms with van der Waals surface area (Å²) in [5.74, 6) is 1.23. The summed E-state index contributed by atoms with van der Waals surface area (Å²) in [6.07, 6.45) is 0.932. The molecule has 0 saturated heterocycles. The zero-order chi connectivity index (χ0) is 18.5. The van der Waals surface area contributed by atoms with Crippen molar-refractivity contribution in [1.29, 1.82) is 5.26 Å². The van der Waals surface area contributed by atoms with E-state index in [9.17, 15) is 0 Å². The van der Waals surface area contributed by atoms with Crippen molar-refractivity contribution in [3.8, 4) is 6.07 Å². The molecule has 1 aromatic heterocycles. The Hall–Kier alpha value is -3.39. The van der Waals surface area contributed by atoms with Crippen LogP contribution in [0.25, 0.3) is 0 Å². The molecule has 0 aliphatic carbocycles. The predicted octanol–water partition coefficient (Wildman–Crippen LogP) is 5.01. The average molecular weight is 343 g/mol. The Morgan fingerprint density at radius 3 is 2.58 bits per heavy atom. The second-order valence-corrected chi connectivity index (χ2v) is 6.12. The Morgan fingerprint density at radius 1 is 1.00 bits per heavy atom. The first-order chi connectivity index (χ1) is 12.6. The van der Waals surface area contributed by atoms with Gasteiger partial charge in [-0.3, -0.25) is 0 Å². The molecule has 3 aromatic rings. The van der Waals surface area contributed by atoms with E-state index in [0.717, 1.165) is 29.1 Å². The monoisotopic (exact) mass is 343 g/mol. The lowest BCUT2D eigenvalue weighted by molar-refractivity contribution is 1.09. The lowest BCUT2D eigenvalue weighted by atomic mass is 10.1. The SMILES string of the molecule is CCc1cccc(C)c1Nc1nc(C)cc(Nc2cccc(C#N)c2)n1. The van der Waals surface area contributed by atoms with Crippen molar-refractivity contribution in [2.24, 2.45) is 0 Å². The second-order valence-electron chi connectivity index (χ2n) is 6.12. The number of aromatic nitrogens is 2. The molecule has 26 heavy (non-hydrogen) atoms.